The first-order valence-corrected chi connectivity index (χ1v) is 7.71. The molecule has 1 amide bonds. The molecular weight excluding hydrogens is 258 g/mol. The number of hydrogen-bond acceptors (Lipinski definition) is 3. The summed E-state index contributed by atoms with van der Waals surface area (Å²) in [7, 11) is 0. The quantitative estimate of drug-likeness (QED) is 0.848. The highest BCUT2D eigenvalue weighted by atomic mass is 16.5. The number of carboxylic acids is 1. The largest absolute Gasteiger partial charge is 0.481 e. The van der Waals surface area contributed by atoms with E-state index in [0.29, 0.717) is 25.4 Å². The Labute approximate surface area is 119 Å². The van der Waals surface area contributed by atoms with Gasteiger partial charge in [-0.25, -0.2) is 0 Å². The zero-order valence-electron chi connectivity index (χ0n) is 11.8. The van der Waals surface area contributed by atoms with Gasteiger partial charge >= 0.3 is 5.97 Å². The Kier molecular flexibility index (Phi) is 3.71. The van der Waals surface area contributed by atoms with Crippen molar-refractivity contribution in [3.8, 4) is 0 Å². The molecule has 112 valence electrons. The molecular formula is C15H23NO4. The average molecular weight is 281 g/mol. The van der Waals surface area contributed by atoms with Gasteiger partial charge < -0.3 is 14.7 Å². The van der Waals surface area contributed by atoms with Gasteiger partial charge in [-0.1, -0.05) is 6.42 Å². The Morgan fingerprint density at radius 2 is 2.20 bits per heavy atom. The smallest absolute Gasteiger partial charge is 0.311 e. The van der Waals surface area contributed by atoms with Crippen LogP contribution in [0.5, 0.6) is 0 Å². The lowest BCUT2D eigenvalue weighted by Gasteiger charge is -2.23. The van der Waals surface area contributed by atoms with E-state index in [1.807, 2.05) is 0 Å². The molecule has 1 saturated carbocycles. The minimum atomic E-state index is -0.709. The molecule has 3 rings (SSSR count). The van der Waals surface area contributed by atoms with Gasteiger partial charge in [0.05, 0.1) is 5.41 Å². The van der Waals surface area contributed by atoms with Crippen LogP contribution in [0.3, 0.4) is 0 Å². The van der Waals surface area contributed by atoms with Crippen molar-refractivity contribution in [2.24, 2.45) is 17.3 Å². The van der Waals surface area contributed by atoms with Gasteiger partial charge in [-0.3, -0.25) is 9.59 Å². The number of hydrogen-bond donors (Lipinski definition) is 1. The van der Waals surface area contributed by atoms with E-state index in [0.717, 1.165) is 45.3 Å². The van der Waals surface area contributed by atoms with Crippen molar-refractivity contribution in [3.63, 3.8) is 0 Å². The molecule has 0 bridgehead atoms. The Balaban J connectivity index is 1.56. The predicted octanol–water partition coefficient (Wildman–Crippen LogP) is 1.52. The van der Waals surface area contributed by atoms with Gasteiger partial charge in [0.15, 0.2) is 0 Å². The molecule has 1 unspecified atom stereocenters. The fraction of sp³-hybridized carbons (Fsp3) is 0.867. The second-order valence-corrected chi connectivity index (χ2v) is 6.59. The molecule has 0 radical (unpaired) electrons. The fourth-order valence-corrected chi connectivity index (χ4v) is 4.13. The van der Waals surface area contributed by atoms with Gasteiger partial charge in [-0.05, 0) is 37.5 Å². The van der Waals surface area contributed by atoms with Crippen LogP contribution in [0.15, 0.2) is 0 Å². The Morgan fingerprint density at radius 3 is 2.85 bits per heavy atom. The number of carbonyl (C=O) groups is 2. The highest BCUT2D eigenvalue weighted by molar-refractivity contribution is 5.81. The van der Waals surface area contributed by atoms with Gasteiger partial charge in [0.2, 0.25) is 5.91 Å². The highest BCUT2D eigenvalue weighted by Crippen LogP contribution is 2.49. The van der Waals surface area contributed by atoms with Crippen LogP contribution in [-0.2, 0) is 14.3 Å². The van der Waals surface area contributed by atoms with E-state index < -0.39 is 11.4 Å². The number of ether oxygens (including phenoxy) is 1. The van der Waals surface area contributed by atoms with E-state index >= 15 is 0 Å². The molecule has 5 heteroatoms. The molecule has 0 aromatic heterocycles. The Hall–Kier alpha value is -1.10. The first-order chi connectivity index (χ1) is 9.62. The zero-order chi connectivity index (χ0) is 14.2. The molecule has 1 aliphatic carbocycles. The molecule has 2 heterocycles. The standard InChI is InChI=1S/C15H23NO4/c17-13(4-3-11-5-7-20-9-11)16-8-12-2-1-6-15(12,10-16)14(18)19/h11-12H,1-10H2,(H,18,19)/t11?,12-,15+/m0/s1. The van der Waals surface area contributed by atoms with Crippen molar-refractivity contribution in [3.05, 3.63) is 0 Å². The Bertz CT molecular complexity index is 405. The van der Waals surface area contributed by atoms with Crippen molar-refractivity contribution in [1.82, 2.24) is 4.90 Å². The van der Waals surface area contributed by atoms with E-state index in [1.54, 1.807) is 4.90 Å². The van der Waals surface area contributed by atoms with Crippen molar-refractivity contribution < 1.29 is 19.4 Å². The molecule has 20 heavy (non-hydrogen) atoms. The van der Waals surface area contributed by atoms with E-state index in [1.165, 1.54) is 0 Å². The summed E-state index contributed by atoms with van der Waals surface area (Å²) >= 11 is 0. The van der Waals surface area contributed by atoms with E-state index in [4.69, 9.17) is 4.74 Å². The number of nitrogens with zero attached hydrogens (tertiary/aromatic N) is 1. The summed E-state index contributed by atoms with van der Waals surface area (Å²) in [4.78, 5) is 25.7. The van der Waals surface area contributed by atoms with Gasteiger partial charge in [-0.2, -0.15) is 0 Å². The summed E-state index contributed by atoms with van der Waals surface area (Å²) < 4.78 is 5.32. The Morgan fingerprint density at radius 1 is 1.35 bits per heavy atom. The number of carbonyl (C=O) groups excluding carboxylic acids is 1. The van der Waals surface area contributed by atoms with Gasteiger partial charge in [0.25, 0.3) is 0 Å². The van der Waals surface area contributed by atoms with Crippen molar-refractivity contribution in [2.75, 3.05) is 26.3 Å². The minimum Gasteiger partial charge on any atom is -0.481 e. The van der Waals surface area contributed by atoms with E-state index in [2.05, 4.69) is 0 Å². The third-order valence-corrected chi connectivity index (χ3v) is 5.44. The number of aliphatic carboxylic acids is 1. The average Bonchev–Trinajstić information content (AvgIpc) is 3.10. The maximum Gasteiger partial charge on any atom is 0.311 e. The van der Waals surface area contributed by atoms with Crippen molar-refractivity contribution in [1.29, 1.82) is 0 Å². The van der Waals surface area contributed by atoms with Crippen LogP contribution < -0.4 is 0 Å². The summed E-state index contributed by atoms with van der Waals surface area (Å²) in [5.41, 5.74) is -0.647. The van der Waals surface area contributed by atoms with Crippen molar-refractivity contribution in [2.45, 2.75) is 38.5 Å². The SMILES string of the molecule is O=C(CCC1CCOC1)N1C[C@@H]2CCC[C@@]2(C(=O)O)C1. The summed E-state index contributed by atoms with van der Waals surface area (Å²) in [5.74, 6) is 0.0969. The number of rotatable bonds is 4. The lowest BCUT2D eigenvalue weighted by molar-refractivity contribution is -0.149. The lowest BCUT2D eigenvalue weighted by atomic mass is 9.81. The molecule has 0 aromatic carbocycles. The molecule has 3 aliphatic rings. The van der Waals surface area contributed by atoms with Gasteiger partial charge in [0, 0.05) is 32.7 Å². The first-order valence-electron chi connectivity index (χ1n) is 7.71. The van der Waals surface area contributed by atoms with Gasteiger partial charge in [-0.15, -0.1) is 0 Å². The first kappa shape index (κ1) is 13.9. The number of carboxylic acid groups (broad SMARTS) is 1. The van der Waals surface area contributed by atoms with Crippen LogP contribution in [0, 0.1) is 17.3 Å². The van der Waals surface area contributed by atoms with Crippen molar-refractivity contribution >= 4 is 11.9 Å². The minimum absolute atomic E-state index is 0.131. The summed E-state index contributed by atoms with van der Waals surface area (Å²) in [6.07, 6.45) is 5.13. The molecule has 5 nitrogen and oxygen atoms in total. The summed E-state index contributed by atoms with van der Waals surface area (Å²) in [6, 6.07) is 0. The van der Waals surface area contributed by atoms with Gasteiger partial charge in [0.1, 0.15) is 0 Å². The number of amides is 1. The summed E-state index contributed by atoms with van der Waals surface area (Å²) in [5, 5.41) is 9.52. The van der Waals surface area contributed by atoms with Crippen LogP contribution >= 0.6 is 0 Å². The van der Waals surface area contributed by atoms with Crippen LogP contribution in [-0.4, -0.2) is 48.2 Å². The molecule has 2 aliphatic heterocycles. The monoisotopic (exact) mass is 281 g/mol. The normalized spacial score (nSPS) is 36.3. The second kappa shape index (κ2) is 5.35. The topological polar surface area (TPSA) is 66.8 Å². The predicted molar refractivity (Wildman–Crippen MR) is 72.1 cm³/mol. The number of fused-ring (bicyclic) bond motifs is 1. The third-order valence-electron chi connectivity index (χ3n) is 5.44. The lowest BCUT2D eigenvalue weighted by Crippen LogP contribution is -2.37. The third kappa shape index (κ3) is 2.32. The van der Waals surface area contributed by atoms with Crippen LogP contribution in [0.25, 0.3) is 0 Å². The molecule has 3 fully saturated rings. The molecule has 0 aromatic rings. The summed E-state index contributed by atoms with van der Waals surface area (Å²) in [6.45, 7) is 2.65. The van der Waals surface area contributed by atoms with Crippen LogP contribution in [0.2, 0.25) is 0 Å². The zero-order valence-corrected chi connectivity index (χ0v) is 11.8. The van der Waals surface area contributed by atoms with Crippen LogP contribution in [0.1, 0.15) is 38.5 Å². The second-order valence-electron chi connectivity index (χ2n) is 6.59. The maximum absolute atomic E-state index is 12.3. The number of likely N-dealkylation sites (tertiary alicyclic amines) is 1. The molecule has 3 atom stereocenters. The maximum atomic E-state index is 12.3. The fourth-order valence-electron chi connectivity index (χ4n) is 4.13. The van der Waals surface area contributed by atoms with E-state index in [-0.39, 0.29) is 11.8 Å². The molecule has 1 N–H and O–H groups in total. The molecule has 0 spiro atoms. The van der Waals surface area contributed by atoms with Crippen LogP contribution in [0.4, 0.5) is 0 Å². The van der Waals surface area contributed by atoms with E-state index in [9.17, 15) is 14.7 Å². The molecule has 2 saturated heterocycles. The highest BCUT2D eigenvalue weighted by Gasteiger charge is 2.55.